The molecular weight excluding hydrogens is 202 g/mol. The Bertz CT molecular complexity index is 330. The van der Waals surface area contributed by atoms with Crippen LogP contribution in [0.2, 0.25) is 0 Å². The summed E-state index contributed by atoms with van der Waals surface area (Å²) in [4.78, 5) is 10.2. The molecule has 1 aliphatic heterocycles. The van der Waals surface area contributed by atoms with Crippen molar-refractivity contribution in [1.82, 2.24) is 0 Å². The summed E-state index contributed by atoms with van der Waals surface area (Å²) in [7, 11) is 0. The highest BCUT2D eigenvalue weighted by molar-refractivity contribution is 8.01. The molecule has 0 aliphatic carbocycles. The lowest BCUT2D eigenvalue weighted by Crippen LogP contribution is -2.46. The first-order valence-electron chi connectivity index (χ1n) is 4.24. The van der Waals surface area contributed by atoms with Crippen LogP contribution in [-0.2, 0) is 0 Å². The van der Waals surface area contributed by atoms with Crippen molar-refractivity contribution in [2.24, 2.45) is 0 Å². The molecule has 0 saturated carbocycles. The summed E-state index contributed by atoms with van der Waals surface area (Å²) in [6.07, 6.45) is 0. The minimum absolute atomic E-state index is 0.274. The van der Waals surface area contributed by atoms with Crippen molar-refractivity contribution in [3.63, 3.8) is 0 Å². The van der Waals surface area contributed by atoms with Crippen molar-refractivity contribution >= 4 is 11.8 Å². The lowest BCUT2D eigenvalue weighted by atomic mass is 10.3. The summed E-state index contributed by atoms with van der Waals surface area (Å²) in [5, 5.41) is 10.5. The number of hydrogen-bond acceptors (Lipinski definition) is 4. The summed E-state index contributed by atoms with van der Waals surface area (Å²) in [5.41, 5.74) is -0.326. The third-order valence-electron chi connectivity index (χ3n) is 2.01. The number of benzene rings is 1. The number of para-hydroxylation sites is 1. The Hall–Kier alpha value is -1.23. The maximum absolute atomic E-state index is 10.5. The molecule has 1 fully saturated rings. The molecule has 1 aromatic rings. The molecule has 0 radical (unpaired) electrons. The molecule has 2 rings (SSSR count). The summed E-state index contributed by atoms with van der Waals surface area (Å²) in [6, 6.07) is 8.62. The highest BCUT2D eigenvalue weighted by Gasteiger charge is 2.43. The quantitative estimate of drug-likeness (QED) is 0.565. The Labute approximate surface area is 85.4 Å². The van der Waals surface area contributed by atoms with Crippen LogP contribution < -0.4 is 4.74 Å². The Morgan fingerprint density at radius 3 is 2.64 bits per heavy atom. The van der Waals surface area contributed by atoms with Crippen LogP contribution in [0.15, 0.2) is 30.3 Å². The van der Waals surface area contributed by atoms with Crippen molar-refractivity contribution in [2.45, 2.75) is 11.5 Å². The molecular formula is C9H9NO3S. The zero-order valence-electron chi connectivity index (χ0n) is 7.33. The minimum atomic E-state index is -0.555. The van der Waals surface area contributed by atoms with Gasteiger partial charge in [0.05, 0.1) is 5.75 Å². The minimum Gasteiger partial charge on any atom is -0.472 e. The van der Waals surface area contributed by atoms with E-state index in [0.29, 0.717) is 11.5 Å². The monoisotopic (exact) mass is 211 g/mol. The van der Waals surface area contributed by atoms with E-state index in [0.717, 1.165) is 0 Å². The first-order chi connectivity index (χ1) is 6.77. The van der Waals surface area contributed by atoms with E-state index < -0.39 is 6.04 Å². The van der Waals surface area contributed by atoms with Crippen molar-refractivity contribution in [1.29, 1.82) is 0 Å². The molecule has 0 N–H and O–H groups in total. The van der Waals surface area contributed by atoms with E-state index in [1.165, 1.54) is 11.8 Å². The van der Waals surface area contributed by atoms with Gasteiger partial charge in [-0.2, -0.15) is 0 Å². The maximum atomic E-state index is 10.5. The van der Waals surface area contributed by atoms with Crippen LogP contribution in [0, 0.1) is 10.1 Å². The summed E-state index contributed by atoms with van der Waals surface area (Å²) < 4.78 is 5.45. The summed E-state index contributed by atoms with van der Waals surface area (Å²) >= 11 is 1.47. The van der Waals surface area contributed by atoms with Gasteiger partial charge < -0.3 is 4.74 Å². The maximum Gasteiger partial charge on any atom is 0.267 e. The third kappa shape index (κ3) is 1.82. The first-order valence-corrected chi connectivity index (χ1v) is 5.29. The SMILES string of the molecule is O=[N+]([O-])C1CSC1Oc1ccccc1. The van der Waals surface area contributed by atoms with Gasteiger partial charge in [0.2, 0.25) is 5.44 Å². The predicted molar refractivity (Wildman–Crippen MR) is 54.1 cm³/mol. The second kappa shape index (κ2) is 3.88. The number of rotatable bonds is 3. The smallest absolute Gasteiger partial charge is 0.267 e. The van der Waals surface area contributed by atoms with Crippen molar-refractivity contribution in [3.8, 4) is 5.75 Å². The van der Waals surface area contributed by atoms with Crippen molar-refractivity contribution in [2.75, 3.05) is 5.75 Å². The van der Waals surface area contributed by atoms with Gasteiger partial charge in [-0.05, 0) is 12.1 Å². The van der Waals surface area contributed by atoms with E-state index in [9.17, 15) is 10.1 Å². The zero-order valence-corrected chi connectivity index (χ0v) is 8.15. The lowest BCUT2D eigenvalue weighted by Gasteiger charge is -2.28. The topological polar surface area (TPSA) is 52.4 Å². The van der Waals surface area contributed by atoms with Crippen LogP contribution in [0.4, 0.5) is 0 Å². The molecule has 2 atom stereocenters. The van der Waals surface area contributed by atoms with E-state index in [4.69, 9.17) is 4.74 Å². The Kier molecular flexibility index (Phi) is 2.58. The van der Waals surface area contributed by atoms with Gasteiger partial charge in [0.15, 0.2) is 0 Å². The van der Waals surface area contributed by atoms with Gasteiger partial charge in [-0.15, -0.1) is 11.8 Å². The van der Waals surface area contributed by atoms with Crippen LogP contribution >= 0.6 is 11.8 Å². The lowest BCUT2D eigenvalue weighted by molar-refractivity contribution is -0.525. The zero-order chi connectivity index (χ0) is 9.97. The molecule has 1 heterocycles. The number of ether oxygens (including phenoxy) is 1. The van der Waals surface area contributed by atoms with Gasteiger partial charge in [-0.1, -0.05) is 18.2 Å². The standard InChI is InChI=1S/C9H9NO3S/c11-10(12)8-6-14-9(8)13-7-4-2-1-3-5-7/h1-5,8-9H,6H2. The molecule has 1 saturated heterocycles. The van der Waals surface area contributed by atoms with Gasteiger partial charge in [0, 0.05) is 4.92 Å². The first kappa shape index (κ1) is 9.33. The van der Waals surface area contributed by atoms with Crippen molar-refractivity contribution in [3.05, 3.63) is 40.4 Å². The normalized spacial score (nSPS) is 25.1. The van der Waals surface area contributed by atoms with E-state index in [2.05, 4.69) is 0 Å². The van der Waals surface area contributed by atoms with Crippen LogP contribution in [0.25, 0.3) is 0 Å². The molecule has 14 heavy (non-hydrogen) atoms. The average molecular weight is 211 g/mol. The second-order valence-electron chi connectivity index (χ2n) is 2.99. The third-order valence-corrected chi connectivity index (χ3v) is 3.28. The van der Waals surface area contributed by atoms with Gasteiger partial charge in [0.25, 0.3) is 6.04 Å². The number of thioether (sulfide) groups is 1. The van der Waals surface area contributed by atoms with E-state index in [1.54, 1.807) is 12.1 Å². The van der Waals surface area contributed by atoms with Gasteiger partial charge in [-0.25, -0.2) is 0 Å². The number of nitrogens with zero attached hydrogens (tertiary/aromatic N) is 1. The van der Waals surface area contributed by atoms with E-state index in [1.807, 2.05) is 18.2 Å². The number of nitro groups is 1. The fourth-order valence-corrected chi connectivity index (χ4v) is 2.09. The Balaban J connectivity index is 1.96. The highest BCUT2D eigenvalue weighted by atomic mass is 32.2. The summed E-state index contributed by atoms with van der Waals surface area (Å²) in [5.74, 6) is 1.24. The largest absolute Gasteiger partial charge is 0.472 e. The molecule has 0 aromatic heterocycles. The molecule has 0 spiro atoms. The number of hydrogen-bond donors (Lipinski definition) is 0. The molecule has 2 unspecified atom stereocenters. The van der Waals surface area contributed by atoms with E-state index >= 15 is 0 Å². The average Bonchev–Trinajstić information content (AvgIpc) is 2.13. The fourth-order valence-electron chi connectivity index (χ4n) is 1.17. The van der Waals surface area contributed by atoms with Crippen LogP contribution in [0.1, 0.15) is 0 Å². The molecule has 1 aromatic carbocycles. The molecule has 0 amide bonds. The predicted octanol–water partition coefficient (Wildman–Crippen LogP) is 1.78. The van der Waals surface area contributed by atoms with Crippen molar-refractivity contribution < 1.29 is 9.66 Å². The van der Waals surface area contributed by atoms with Gasteiger partial charge in [0.1, 0.15) is 5.75 Å². The van der Waals surface area contributed by atoms with Crippen LogP contribution in [0.5, 0.6) is 5.75 Å². The Morgan fingerprint density at radius 1 is 1.43 bits per heavy atom. The van der Waals surface area contributed by atoms with E-state index in [-0.39, 0.29) is 10.4 Å². The second-order valence-corrected chi connectivity index (χ2v) is 4.12. The van der Waals surface area contributed by atoms with Crippen LogP contribution in [0.3, 0.4) is 0 Å². The van der Waals surface area contributed by atoms with Gasteiger partial charge in [-0.3, -0.25) is 10.1 Å². The Morgan fingerprint density at radius 2 is 2.14 bits per heavy atom. The van der Waals surface area contributed by atoms with Gasteiger partial charge >= 0.3 is 0 Å². The highest BCUT2D eigenvalue weighted by Crippen LogP contribution is 2.32. The molecule has 4 nitrogen and oxygen atoms in total. The molecule has 0 bridgehead atoms. The fraction of sp³-hybridized carbons (Fsp3) is 0.333. The summed E-state index contributed by atoms with van der Waals surface area (Å²) in [6.45, 7) is 0. The molecule has 5 heteroatoms. The molecule has 1 aliphatic rings. The molecule has 74 valence electrons. The van der Waals surface area contributed by atoms with Crippen LogP contribution in [-0.4, -0.2) is 22.2 Å².